The van der Waals surface area contributed by atoms with Gasteiger partial charge in [0.2, 0.25) is 0 Å². The second-order valence-electron chi connectivity index (χ2n) is 9.56. The summed E-state index contributed by atoms with van der Waals surface area (Å²) in [4.78, 5) is 0. The van der Waals surface area contributed by atoms with Crippen molar-refractivity contribution in [1.29, 1.82) is 0 Å². The Morgan fingerprint density at radius 2 is 1.78 bits per heavy atom. The fourth-order valence-electron chi connectivity index (χ4n) is 7.61. The number of hydrogen-bond acceptors (Lipinski definition) is 3. The Labute approximate surface area is 139 Å². The summed E-state index contributed by atoms with van der Waals surface area (Å²) in [7, 11) is 0. The van der Waals surface area contributed by atoms with Crippen LogP contribution < -0.4 is 0 Å². The smallest absolute Gasteiger partial charge is 0.0809 e. The summed E-state index contributed by atoms with van der Waals surface area (Å²) in [5, 5.41) is 31.6. The van der Waals surface area contributed by atoms with Crippen molar-refractivity contribution in [1.82, 2.24) is 0 Å². The molecule has 3 nitrogen and oxygen atoms in total. The second-order valence-corrected chi connectivity index (χ2v) is 9.56. The van der Waals surface area contributed by atoms with Gasteiger partial charge in [0.05, 0.1) is 18.8 Å². The lowest BCUT2D eigenvalue weighted by atomic mass is 9.40. The normalized spacial score (nSPS) is 58.7. The van der Waals surface area contributed by atoms with Gasteiger partial charge < -0.3 is 15.3 Å². The predicted molar refractivity (Wildman–Crippen MR) is 89.7 cm³/mol. The molecule has 0 aromatic heterocycles. The van der Waals surface area contributed by atoms with Crippen LogP contribution in [0.4, 0.5) is 0 Å². The lowest BCUT2D eigenvalue weighted by Crippen LogP contribution is -2.62. The zero-order valence-corrected chi connectivity index (χ0v) is 14.6. The summed E-state index contributed by atoms with van der Waals surface area (Å²) in [5.74, 6) is 1.36. The topological polar surface area (TPSA) is 60.7 Å². The number of aliphatic hydroxyl groups excluding tert-OH is 3. The van der Waals surface area contributed by atoms with Gasteiger partial charge in [0.25, 0.3) is 0 Å². The number of aliphatic hydroxyl groups is 3. The Bertz CT molecular complexity index is 531. The van der Waals surface area contributed by atoms with Crippen LogP contribution in [0.3, 0.4) is 0 Å². The van der Waals surface area contributed by atoms with E-state index in [-0.39, 0.29) is 23.5 Å². The van der Waals surface area contributed by atoms with Crippen molar-refractivity contribution in [2.75, 3.05) is 6.61 Å². The average molecular weight is 320 g/mol. The van der Waals surface area contributed by atoms with Crippen molar-refractivity contribution in [3.05, 3.63) is 12.2 Å². The van der Waals surface area contributed by atoms with Crippen molar-refractivity contribution >= 4 is 0 Å². The molecule has 3 heteroatoms. The largest absolute Gasteiger partial charge is 0.396 e. The van der Waals surface area contributed by atoms with Crippen LogP contribution in [-0.2, 0) is 0 Å². The first-order valence-electron chi connectivity index (χ1n) is 9.45. The standard InChI is InChI=1S/C20H32O3/c1-12-13-4-5-15-18(2)8-7-16(22)19(3,11-21)14(18)6-9-20(15,10-13)17(12)23/h13-17,21-23H,1,4-11H2,2-3H3/t13-,14+,15+,16-,17+,18-,19+,20-/m1/s1. The van der Waals surface area contributed by atoms with Crippen LogP contribution in [0, 0.1) is 34.0 Å². The molecule has 0 aromatic carbocycles. The summed E-state index contributed by atoms with van der Waals surface area (Å²) >= 11 is 0. The van der Waals surface area contributed by atoms with E-state index in [1.807, 2.05) is 0 Å². The van der Waals surface area contributed by atoms with E-state index in [0.29, 0.717) is 17.8 Å². The maximum absolute atomic E-state index is 11.0. The third kappa shape index (κ3) is 1.77. The molecular formula is C20H32O3. The molecule has 0 heterocycles. The Hall–Kier alpha value is -0.380. The Morgan fingerprint density at radius 3 is 2.48 bits per heavy atom. The number of fused-ring (bicyclic) bond motifs is 3. The molecular weight excluding hydrogens is 288 g/mol. The minimum Gasteiger partial charge on any atom is -0.396 e. The molecule has 130 valence electrons. The molecule has 4 fully saturated rings. The molecule has 0 aliphatic heterocycles. The first-order chi connectivity index (χ1) is 10.8. The van der Waals surface area contributed by atoms with Crippen molar-refractivity contribution in [2.45, 2.75) is 71.0 Å². The van der Waals surface area contributed by atoms with E-state index >= 15 is 0 Å². The maximum Gasteiger partial charge on any atom is 0.0809 e. The number of rotatable bonds is 1. The van der Waals surface area contributed by atoms with E-state index in [1.54, 1.807) is 0 Å². The highest BCUT2D eigenvalue weighted by Crippen LogP contribution is 2.71. The van der Waals surface area contributed by atoms with Gasteiger partial charge >= 0.3 is 0 Å². The minimum absolute atomic E-state index is 0.0178. The Kier molecular flexibility index (Phi) is 3.38. The lowest BCUT2D eigenvalue weighted by Gasteiger charge is -2.65. The molecule has 4 saturated carbocycles. The monoisotopic (exact) mass is 320 g/mol. The minimum atomic E-state index is -0.403. The molecule has 0 amide bonds. The van der Waals surface area contributed by atoms with Gasteiger partial charge in [0.15, 0.2) is 0 Å². The van der Waals surface area contributed by atoms with Crippen LogP contribution in [0.2, 0.25) is 0 Å². The molecule has 4 rings (SSSR count). The van der Waals surface area contributed by atoms with E-state index in [2.05, 4.69) is 20.4 Å². The van der Waals surface area contributed by atoms with Crippen LogP contribution in [0.25, 0.3) is 0 Å². The average Bonchev–Trinajstić information content (AvgIpc) is 2.72. The Morgan fingerprint density at radius 1 is 1.04 bits per heavy atom. The fraction of sp³-hybridized carbons (Fsp3) is 0.900. The molecule has 4 aliphatic rings. The zero-order chi connectivity index (χ0) is 16.6. The third-order valence-electron chi connectivity index (χ3n) is 8.89. The van der Waals surface area contributed by atoms with Crippen molar-refractivity contribution in [3.8, 4) is 0 Å². The van der Waals surface area contributed by atoms with Crippen LogP contribution >= 0.6 is 0 Å². The van der Waals surface area contributed by atoms with Crippen LogP contribution in [0.15, 0.2) is 12.2 Å². The van der Waals surface area contributed by atoms with Gasteiger partial charge in [0.1, 0.15) is 0 Å². The van der Waals surface area contributed by atoms with Gasteiger partial charge in [-0.15, -0.1) is 0 Å². The Balaban J connectivity index is 1.77. The zero-order valence-electron chi connectivity index (χ0n) is 14.6. The van der Waals surface area contributed by atoms with Crippen molar-refractivity contribution in [3.63, 3.8) is 0 Å². The van der Waals surface area contributed by atoms with Crippen LogP contribution in [-0.4, -0.2) is 34.1 Å². The molecule has 0 saturated heterocycles. The third-order valence-corrected chi connectivity index (χ3v) is 8.89. The first-order valence-corrected chi connectivity index (χ1v) is 9.45. The van der Waals surface area contributed by atoms with Crippen LogP contribution in [0.5, 0.6) is 0 Å². The summed E-state index contributed by atoms with van der Waals surface area (Å²) in [6, 6.07) is 0. The van der Waals surface area contributed by atoms with E-state index in [9.17, 15) is 15.3 Å². The molecule has 8 atom stereocenters. The van der Waals surface area contributed by atoms with E-state index in [0.717, 1.165) is 44.1 Å². The molecule has 0 radical (unpaired) electrons. The quantitative estimate of drug-likeness (QED) is 0.651. The summed E-state index contributed by atoms with van der Waals surface area (Å²) in [5.41, 5.74) is 0.817. The molecule has 23 heavy (non-hydrogen) atoms. The lowest BCUT2D eigenvalue weighted by molar-refractivity contribution is -0.209. The molecule has 2 bridgehead atoms. The maximum atomic E-state index is 11.0. The van der Waals surface area contributed by atoms with Crippen molar-refractivity contribution < 1.29 is 15.3 Å². The SMILES string of the molecule is C=C1[C@@H]2CC[C@H]3[C@]4(C)CC[C@@H](O)[C@@](C)(CO)[C@H]4CC[C@]3(C2)[C@H]1O. The summed E-state index contributed by atoms with van der Waals surface area (Å²) in [6.45, 7) is 8.74. The predicted octanol–water partition coefficient (Wildman–Crippen LogP) is 2.89. The van der Waals surface area contributed by atoms with E-state index < -0.39 is 11.5 Å². The first kappa shape index (κ1) is 16.1. The molecule has 1 spiro atoms. The van der Waals surface area contributed by atoms with Gasteiger partial charge in [-0.05, 0) is 73.7 Å². The highest BCUT2D eigenvalue weighted by atomic mass is 16.3. The molecule has 0 aromatic rings. The van der Waals surface area contributed by atoms with Gasteiger partial charge in [0, 0.05) is 10.8 Å². The van der Waals surface area contributed by atoms with Gasteiger partial charge in [-0.2, -0.15) is 0 Å². The molecule has 4 aliphatic carbocycles. The van der Waals surface area contributed by atoms with Gasteiger partial charge in [-0.1, -0.05) is 20.4 Å². The van der Waals surface area contributed by atoms with E-state index in [4.69, 9.17) is 0 Å². The van der Waals surface area contributed by atoms with Gasteiger partial charge in [-0.25, -0.2) is 0 Å². The van der Waals surface area contributed by atoms with Gasteiger partial charge in [-0.3, -0.25) is 0 Å². The second kappa shape index (κ2) is 4.83. The highest BCUT2D eigenvalue weighted by molar-refractivity contribution is 5.27. The fourth-order valence-corrected chi connectivity index (χ4v) is 7.61. The molecule has 3 N–H and O–H groups in total. The summed E-state index contributed by atoms with van der Waals surface area (Å²) in [6.07, 6.45) is 6.52. The number of hydrogen-bond donors (Lipinski definition) is 3. The van der Waals surface area contributed by atoms with Crippen molar-refractivity contribution in [2.24, 2.45) is 34.0 Å². The summed E-state index contributed by atoms with van der Waals surface area (Å²) < 4.78 is 0. The molecule has 0 unspecified atom stereocenters. The highest BCUT2D eigenvalue weighted by Gasteiger charge is 2.67. The van der Waals surface area contributed by atoms with E-state index in [1.165, 1.54) is 6.42 Å². The van der Waals surface area contributed by atoms with Crippen LogP contribution in [0.1, 0.15) is 58.8 Å².